The molecule has 1 fully saturated rings. The van der Waals surface area contributed by atoms with Gasteiger partial charge >= 0.3 is 4.87 Å². The van der Waals surface area contributed by atoms with E-state index in [9.17, 15) is 19.2 Å². The van der Waals surface area contributed by atoms with Crippen LogP contribution in [-0.2, 0) is 20.9 Å². The van der Waals surface area contributed by atoms with Crippen molar-refractivity contribution >= 4 is 75.4 Å². The van der Waals surface area contributed by atoms with E-state index in [2.05, 4.69) is 5.32 Å². The molecule has 41 heavy (non-hydrogen) atoms. The third-order valence-electron chi connectivity index (χ3n) is 7.38. The van der Waals surface area contributed by atoms with Crippen LogP contribution < -0.4 is 15.1 Å². The number of nitrogens with one attached hydrogen (secondary N) is 1. The first-order valence-electron chi connectivity index (χ1n) is 12.8. The fourth-order valence-electron chi connectivity index (χ4n) is 5.35. The Hall–Kier alpha value is -3.37. The Balaban J connectivity index is 1.44. The van der Waals surface area contributed by atoms with Crippen molar-refractivity contribution in [3.05, 3.63) is 108 Å². The molecule has 1 N–H and O–H groups in total. The second-order valence-corrected chi connectivity index (χ2v) is 12.9. The zero-order valence-electron chi connectivity index (χ0n) is 21.9. The normalized spacial score (nSPS) is 19.7. The van der Waals surface area contributed by atoms with Crippen LogP contribution in [0.1, 0.15) is 27.5 Å². The Morgan fingerprint density at radius 2 is 1.66 bits per heavy atom. The van der Waals surface area contributed by atoms with Gasteiger partial charge in [0.1, 0.15) is 11.8 Å². The number of aryl methyl sites for hydroxylation is 2. The fraction of sp³-hybridized carbons (Fsp3) is 0.200. The molecule has 0 radical (unpaired) electrons. The molecule has 0 bridgehead atoms. The maximum atomic E-state index is 14.0. The Morgan fingerprint density at radius 1 is 0.927 bits per heavy atom. The van der Waals surface area contributed by atoms with Gasteiger partial charge in [0.25, 0.3) is 0 Å². The molecule has 4 aromatic rings. The van der Waals surface area contributed by atoms with E-state index in [0.717, 1.165) is 34.2 Å². The largest absolute Gasteiger partial charge is 0.324 e. The SMILES string of the molecule is Cc1ccc(N2C(=O)C3Sc4c(sc(=O)n4CC(=O)Nc4ccccc4C)C(c4cccc(Cl)c4Cl)C3C2=O)cc1. The van der Waals surface area contributed by atoms with Gasteiger partial charge in [-0.1, -0.05) is 94.3 Å². The van der Waals surface area contributed by atoms with E-state index >= 15 is 0 Å². The number of carbonyl (C=O) groups excluding carboxylic acids is 3. The van der Waals surface area contributed by atoms with Crippen LogP contribution in [0, 0.1) is 19.8 Å². The molecule has 0 aliphatic carbocycles. The number of para-hydroxylation sites is 1. The third-order valence-corrected chi connectivity index (χ3v) is 10.8. The maximum Gasteiger partial charge on any atom is 0.308 e. The summed E-state index contributed by atoms with van der Waals surface area (Å²) in [5.74, 6) is -2.64. The van der Waals surface area contributed by atoms with Gasteiger partial charge in [-0.15, -0.1) is 0 Å². The third kappa shape index (κ3) is 4.80. The molecule has 3 aromatic carbocycles. The van der Waals surface area contributed by atoms with E-state index in [4.69, 9.17) is 23.2 Å². The maximum absolute atomic E-state index is 14.0. The highest BCUT2D eigenvalue weighted by atomic mass is 35.5. The number of carbonyl (C=O) groups is 3. The van der Waals surface area contributed by atoms with Crippen molar-refractivity contribution in [2.75, 3.05) is 10.2 Å². The molecule has 2 aliphatic rings. The highest BCUT2D eigenvalue weighted by Crippen LogP contribution is 2.55. The van der Waals surface area contributed by atoms with Crippen LogP contribution in [0.5, 0.6) is 0 Å². The molecule has 0 spiro atoms. The van der Waals surface area contributed by atoms with Crippen molar-refractivity contribution in [1.29, 1.82) is 0 Å². The standard InChI is InChI=1S/C30H23Cl2N3O4S2/c1-15-10-12-17(13-11-15)35-27(37)23-22(18-7-5-8-19(31)24(18)32)26-29(40-25(23)28(35)38)34(30(39)41-26)14-21(36)33-20-9-4-3-6-16(20)2/h3-13,22-23,25H,14H2,1-2H3,(H,33,36). The molecule has 3 atom stereocenters. The number of thiazole rings is 1. The van der Waals surface area contributed by atoms with Crippen LogP contribution >= 0.6 is 46.3 Å². The van der Waals surface area contributed by atoms with E-state index in [1.54, 1.807) is 36.4 Å². The Labute approximate surface area is 254 Å². The van der Waals surface area contributed by atoms with Crippen LogP contribution in [0.15, 0.2) is 76.6 Å². The second-order valence-electron chi connectivity index (χ2n) is 10.0. The minimum Gasteiger partial charge on any atom is -0.324 e. The number of aromatic nitrogens is 1. The molecule has 2 aliphatic heterocycles. The van der Waals surface area contributed by atoms with Gasteiger partial charge in [-0.2, -0.15) is 0 Å². The number of hydrogen-bond donors (Lipinski definition) is 1. The summed E-state index contributed by atoms with van der Waals surface area (Å²) in [4.78, 5) is 55.7. The quantitative estimate of drug-likeness (QED) is 0.265. The molecule has 6 rings (SSSR count). The van der Waals surface area contributed by atoms with E-state index in [1.807, 2.05) is 44.2 Å². The number of amides is 3. The van der Waals surface area contributed by atoms with E-state index < -0.39 is 17.1 Å². The van der Waals surface area contributed by atoms with Gasteiger partial charge in [0.15, 0.2) is 0 Å². The molecule has 3 amide bonds. The first kappa shape index (κ1) is 27.8. The molecule has 11 heteroatoms. The Kier molecular flexibility index (Phi) is 7.32. The van der Waals surface area contributed by atoms with Crippen molar-refractivity contribution in [2.45, 2.75) is 36.6 Å². The predicted octanol–water partition coefficient (Wildman–Crippen LogP) is 6.27. The minimum atomic E-state index is -0.823. The molecule has 1 saturated heterocycles. The number of imide groups is 1. The molecule has 3 unspecified atom stereocenters. The van der Waals surface area contributed by atoms with Crippen molar-refractivity contribution in [3.63, 3.8) is 0 Å². The lowest BCUT2D eigenvalue weighted by molar-refractivity contribution is -0.122. The summed E-state index contributed by atoms with van der Waals surface area (Å²) in [5.41, 5.74) is 3.57. The van der Waals surface area contributed by atoms with Crippen molar-refractivity contribution in [1.82, 2.24) is 4.57 Å². The van der Waals surface area contributed by atoms with Crippen molar-refractivity contribution < 1.29 is 14.4 Å². The highest BCUT2D eigenvalue weighted by Gasteiger charge is 2.57. The summed E-state index contributed by atoms with van der Waals surface area (Å²) in [6.07, 6.45) is 0. The first-order chi connectivity index (χ1) is 19.7. The smallest absolute Gasteiger partial charge is 0.308 e. The molecule has 208 valence electrons. The number of benzene rings is 3. The number of rotatable bonds is 5. The van der Waals surface area contributed by atoms with Gasteiger partial charge < -0.3 is 5.32 Å². The lowest BCUT2D eigenvalue weighted by atomic mass is 9.83. The summed E-state index contributed by atoms with van der Waals surface area (Å²) < 4.78 is 1.38. The summed E-state index contributed by atoms with van der Waals surface area (Å²) in [7, 11) is 0. The highest BCUT2D eigenvalue weighted by molar-refractivity contribution is 8.00. The van der Waals surface area contributed by atoms with E-state index in [0.29, 0.717) is 31.9 Å². The van der Waals surface area contributed by atoms with Crippen LogP contribution in [0.2, 0.25) is 10.0 Å². The number of hydrogen-bond acceptors (Lipinski definition) is 6. The Bertz CT molecular complexity index is 1780. The topological polar surface area (TPSA) is 88.5 Å². The van der Waals surface area contributed by atoms with Gasteiger partial charge in [0.2, 0.25) is 17.7 Å². The number of nitrogens with zero attached hydrogens (tertiary/aromatic N) is 2. The molecule has 1 aromatic heterocycles. The predicted molar refractivity (Wildman–Crippen MR) is 163 cm³/mol. The zero-order valence-corrected chi connectivity index (χ0v) is 25.0. The number of halogens is 2. The van der Waals surface area contributed by atoms with E-state index in [1.165, 1.54) is 9.47 Å². The number of thioether (sulfide) groups is 1. The van der Waals surface area contributed by atoms with Gasteiger partial charge in [-0.05, 0) is 49.2 Å². The van der Waals surface area contributed by atoms with Gasteiger partial charge in [0, 0.05) is 16.5 Å². The summed E-state index contributed by atoms with van der Waals surface area (Å²) in [6.45, 7) is 3.56. The van der Waals surface area contributed by atoms with Gasteiger partial charge in [-0.25, -0.2) is 4.90 Å². The fourth-order valence-corrected chi connectivity index (χ4v) is 8.54. The molecular formula is C30H23Cl2N3O4S2. The molecule has 0 saturated carbocycles. The van der Waals surface area contributed by atoms with Crippen LogP contribution in [-0.4, -0.2) is 27.5 Å². The zero-order chi connectivity index (χ0) is 29.0. The van der Waals surface area contributed by atoms with Crippen LogP contribution in [0.3, 0.4) is 0 Å². The van der Waals surface area contributed by atoms with Crippen molar-refractivity contribution in [3.8, 4) is 0 Å². The minimum absolute atomic E-state index is 0.247. The van der Waals surface area contributed by atoms with Crippen LogP contribution in [0.4, 0.5) is 11.4 Å². The summed E-state index contributed by atoms with van der Waals surface area (Å²) >= 11 is 15.2. The van der Waals surface area contributed by atoms with Crippen molar-refractivity contribution in [2.24, 2.45) is 5.92 Å². The first-order valence-corrected chi connectivity index (χ1v) is 15.2. The molecular weight excluding hydrogens is 601 g/mol. The Morgan fingerprint density at radius 3 is 2.39 bits per heavy atom. The summed E-state index contributed by atoms with van der Waals surface area (Å²) in [5, 5.41) is 3.09. The monoisotopic (exact) mass is 623 g/mol. The number of fused-ring (bicyclic) bond motifs is 2. The van der Waals surface area contributed by atoms with Gasteiger partial charge in [0.05, 0.1) is 26.7 Å². The second kappa shape index (κ2) is 10.8. The lowest BCUT2D eigenvalue weighted by Gasteiger charge is -2.31. The summed E-state index contributed by atoms with van der Waals surface area (Å²) in [6, 6.07) is 19.7. The van der Waals surface area contributed by atoms with E-state index in [-0.39, 0.29) is 34.2 Å². The average molecular weight is 625 g/mol. The number of anilines is 2. The average Bonchev–Trinajstić information content (AvgIpc) is 3.38. The van der Waals surface area contributed by atoms with Crippen LogP contribution in [0.25, 0.3) is 0 Å². The van der Waals surface area contributed by atoms with Gasteiger partial charge in [-0.3, -0.25) is 23.7 Å². The molecule has 7 nitrogen and oxygen atoms in total. The lowest BCUT2D eigenvalue weighted by Crippen LogP contribution is -2.33. The molecule has 3 heterocycles.